The van der Waals surface area contributed by atoms with Crippen LogP contribution >= 0.6 is 0 Å². The van der Waals surface area contributed by atoms with Gasteiger partial charge in [0, 0.05) is 0 Å². The van der Waals surface area contributed by atoms with Crippen LogP contribution in [-0.4, -0.2) is 0 Å². The molecule has 0 heteroatoms. The van der Waals surface area contributed by atoms with Gasteiger partial charge in [-0.05, 0) is 54.3 Å². The highest BCUT2D eigenvalue weighted by atomic mass is 14.6. The fourth-order valence-electron chi connectivity index (χ4n) is 6.55. The van der Waals surface area contributed by atoms with Gasteiger partial charge in [0.05, 0.1) is 0 Å². The van der Waals surface area contributed by atoms with E-state index in [1.165, 1.54) is 38.5 Å². The van der Waals surface area contributed by atoms with E-state index in [0.717, 1.165) is 41.4 Å². The monoisotopic (exact) mass is 248 g/mol. The SMILES string of the molecule is CCC1CCCC2C3CCCC(CC)C3C(C)C12. The number of rotatable bonds is 2. The summed E-state index contributed by atoms with van der Waals surface area (Å²) in [7, 11) is 0. The van der Waals surface area contributed by atoms with Crippen LogP contribution in [0, 0.1) is 41.4 Å². The lowest BCUT2D eigenvalue weighted by molar-refractivity contribution is 0.118. The number of fused-ring (bicyclic) bond motifs is 3. The molecular formula is C18H32. The van der Waals surface area contributed by atoms with Crippen molar-refractivity contribution in [1.29, 1.82) is 0 Å². The van der Waals surface area contributed by atoms with Crippen molar-refractivity contribution in [2.75, 3.05) is 0 Å². The van der Waals surface area contributed by atoms with E-state index in [2.05, 4.69) is 20.8 Å². The first-order chi connectivity index (χ1) is 8.77. The average Bonchev–Trinajstić information content (AvgIpc) is 2.73. The van der Waals surface area contributed by atoms with Crippen LogP contribution in [0.2, 0.25) is 0 Å². The van der Waals surface area contributed by atoms with Gasteiger partial charge in [0.25, 0.3) is 0 Å². The first kappa shape index (κ1) is 13.0. The van der Waals surface area contributed by atoms with Gasteiger partial charge in [0.15, 0.2) is 0 Å². The number of hydrogen-bond donors (Lipinski definition) is 0. The molecule has 0 nitrogen and oxygen atoms in total. The van der Waals surface area contributed by atoms with Crippen molar-refractivity contribution in [1.82, 2.24) is 0 Å². The highest BCUT2D eigenvalue weighted by Gasteiger charge is 2.53. The Morgan fingerprint density at radius 1 is 0.722 bits per heavy atom. The van der Waals surface area contributed by atoms with Crippen LogP contribution in [0.5, 0.6) is 0 Å². The maximum atomic E-state index is 2.63. The van der Waals surface area contributed by atoms with E-state index in [1.807, 2.05) is 0 Å². The van der Waals surface area contributed by atoms with Gasteiger partial charge in [0.1, 0.15) is 0 Å². The summed E-state index contributed by atoms with van der Waals surface area (Å²) < 4.78 is 0. The van der Waals surface area contributed by atoms with E-state index in [9.17, 15) is 0 Å². The van der Waals surface area contributed by atoms with Gasteiger partial charge < -0.3 is 0 Å². The summed E-state index contributed by atoms with van der Waals surface area (Å²) >= 11 is 0. The first-order valence-electron chi connectivity index (χ1n) is 8.77. The van der Waals surface area contributed by atoms with E-state index in [-0.39, 0.29) is 0 Å². The molecule has 0 amide bonds. The van der Waals surface area contributed by atoms with E-state index >= 15 is 0 Å². The Balaban J connectivity index is 1.86. The topological polar surface area (TPSA) is 0 Å². The molecule has 0 aliphatic heterocycles. The van der Waals surface area contributed by atoms with E-state index in [1.54, 1.807) is 12.8 Å². The Morgan fingerprint density at radius 3 is 1.56 bits per heavy atom. The third-order valence-electron chi connectivity index (χ3n) is 7.12. The lowest BCUT2D eigenvalue weighted by Crippen LogP contribution is -2.29. The molecule has 104 valence electrons. The molecule has 0 aromatic rings. The van der Waals surface area contributed by atoms with E-state index in [4.69, 9.17) is 0 Å². The Labute approximate surface area is 114 Å². The molecule has 3 aliphatic carbocycles. The molecule has 0 radical (unpaired) electrons. The average molecular weight is 248 g/mol. The molecule has 0 spiro atoms. The van der Waals surface area contributed by atoms with Crippen molar-refractivity contribution in [2.45, 2.75) is 72.1 Å². The van der Waals surface area contributed by atoms with E-state index < -0.39 is 0 Å². The minimum absolute atomic E-state index is 1.04. The van der Waals surface area contributed by atoms with Crippen molar-refractivity contribution in [3.63, 3.8) is 0 Å². The molecule has 0 heterocycles. The van der Waals surface area contributed by atoms with Crippen molar-refractivity contribution >= 4 is 0 Å². The largest absolute Gasteiger partial charge is 0.0651 e. The summed E-state index contributed by atoms with van der Waals surface area (Å²) in [6.07, 6.45) is 12.2. The molecule has 3 rings (SSSR count). The summed E-state index contributed by atoms with van der Waals surface area (Å²) in [5.74, 6) is 7.63. The summed E-state index contributed by atoms with van der Waals surface area (Å²) in [4.78, 5) is 0. The molecule has 0 N–H and O–H groups in total. The van der Waals surface area contributed by atoms with Crippen LogP contribution in [0.1, 0.15) is 72.1 Å². The van der Waals surface area contributed by atoms with Gasteiger partial charge in [-0.25, -0.2) is 0 Å². The quantitative estimate of drug-likeness (QED) is 0.603. The lowest BCUT2D eigenvalue weighted by Gasteiger charge is -2.38. The van der Waals surface area contributed by atoms with Gasteiger partial charge >= 0.3 is 0 Å². The van der Waals surface area contributed by atoms with Crippen LogP contribution in [0.3, 0.4) is 0 Å². The lowest BCUT2D eigenvalue weighted by atomic mass is 9.67. The second-order valence-corrected chi connectivity index (χ2v) is 7.54. The molecule has 0 aromatic carbocycles. The number of hydrogen-bond acceptors (Lipinski definition) is 0. The Bertz CT molecular complexity index is 254. The second-order valence-electron chi connectivity index (χ2n) is 7.54. The highest BCUT2D eigenvalue weighted by Crippen LogP contribution is 2.60. The fraction of sp³-hybridized carbons (Fsp3) is 1.00. The second kappa shape index (κ2) is 5.17. The highest BCUT2D eigenvalue weighted by molar-refractivity contribution is 5.02. The molecule has 18 heavy (non-hydrogen) atoms. The van der Waals surface area contributed by atoms with Gasteiger partial charge in [0.2, 0.25) is 0 Å². The molecule has 0 saturated heterocycles. The predicted molar refractivity (Wildman–Crippen MR) is 78.4 cm³/mol. The standard InChI is InChI=1S/C18H32/c1-4-13-8-6-10-15-16-11-7-9-14(5-2)18(16)12(3)17(13)15/h12-18H,4-11H2,1-3H3. The third kappa shape index (κ3) is 1.86. The van der Waals surface area contributed by atoms with Crippen LogP contribution in [0.15, 0.2) is 0 Å². The summed E-state index contributed by atoms with van der Waals surface area (Å²) in [6, 6.07) is 0. The van der Waals surface area contributed by atoms with Gasteiger partial charge in [-0.1, -0.05) is 59.3 Å². The molecule has 0 aromatic heterocycles. The normalized spacial score (nSPS) is 51.8. The van der Waals surface area contributed by atoms with Gasteiger partial charge in [-0.3, -0.25) is 0 Å². The minimum atomic E-state index is 1.04. The summed E-state index contributed by atoms with van der Waals surface area (Å²) in [5, 5.41) is 0. The molecule has 6 atom stereocenters. The smallest absolute Gasteiger partial charge is 0.0326 e. The third-order valence-corrected chi connectivity index (χ3v) is 7.12. The molecule has 6 unspecified atom stereocenters. The van der Waals surface area contributed by atoms with E-state index in [0.29, 0.717) is 0 Å². The van der Waals surface area contributed by atoms with Crippen LogP contribution in [0.4, 0.5) is 0 Å². The van der Waals surface area contributed by atoms with Crippen LogP contribution < -0.4 is 0 Å². The zero-order chi connectivity index (χ0) is 12.7. The van der Waals surface area contributed by atoms with Gasteiger partial charge in [-0.15, -0.1) is 0 Å². The van der Waals surface area contributed by atoms with Crippen LogP contribution in [-0.2, 0) is 0 Å². The molecule has 3 saturated carbocycles. The fourth-order valence-corrected chi connectivity index (χ4v) is 6.55. The molecular weight excluding hydrogens is 216 g/mol. The minimum Gasteiger partial charge on any atom is -0.0651 e. The zero-order valence-corrected chi connectivity index (χ0v) is 12.7. The zero-order valence-electron chi connectivity index (χ0n) is 12.7. The first-order valence-corrected chi connectivity index (χ1v) is 8.77. The molecule has 0 bridgehead atoms. The van der Waals surface area contributed by atoms with Crippen molar-refractivity contribution in [2.24, 2.45) is 41.4 Å². The maximum Gasteiger partial charge on any atom is -0.0326 e. The predicted octanol–water partition coefficient (Wildman–Crippen LogP) is 5.52. The maximum absolute atomic E-state index is 2.63. The van der Waals surface area contributed by atoms with Crippen molar-refractivity contribution in [3.8, 4) is 0 Å². The Hall–Kier alpha value is 0. The summed E-state index contributed by atoms with van der Waals surface area (Å²) in [6.45, 7) is 7.52. The Morgan fingerprint density at radius 2 is 1.17 bits per heavy atom. The van der Waals surface area contributed by atoms with Gasteiger partial charge in [-0.2, -0.15) is 0 Å². The van der Waals surface area contributed by atoms with Crippen molar-refractivity contribution < 1.29 is 0 Å². The summed E-state index contributed by atoms with van der Waals surface area (Å²) in [5.41, 5.74) is 0. The molecule has 3 fully saturated rings. The Kier molecular flexibility index (Phi) is 3.74. The molecule has 3 aliphatic rings. The van der Waals surface area contributed by atoms with Crippen LogP contribution in [0.25, 0.3) is 0 Å². The van der Waals surface area contributed by atoms with Crippen molar-refractivity contribution in [3.05, 3.63) is 0 Å².